The Morgan fingerprint density at radius 2 is 0.881 bits per heavy atom. The van der Waals surface area contributed by atoms with E-state index in [0.717, 1.165) is 28.0 Å². The molecule has 0 heterocycles. The van der Waals surface area contributed by atoms with E-state index in [-0.39, 0.29) is 24.7 Å². The van der Waals surface area contributed by atoms with E-state index in [1.54, 1.807) is 13.8 Å². The van der Waals surface area contributed by atoms with Gasteiger partial charge < -0.3 is 19.5 Å². The molecule has 0 aliphatic heterocycles. The molecule has 0 fully saturated rings. The van der Waals surface area contributed by atoms with E-state index in [4.69, 9.17) is 18.3 Å². The van der Waals surface area contributed by atoms with E-state index in [0.29, 0.717) is 60.3 Å². The molecule has 4 aromatic carbocycles. The largest absolute Gasteiger partial charge is 0.530 e. The first-order valence-corrected chi connectivity index (χ1v) is 15.8. The predicted molar refractivity (Wildman–Crippen MR) is 163 cm³/mol. The van der Waals surface area contributed by atoms with Crippen molar-refractivity contribution in [3.63, 3.8) is 0 Å². The normalized spacial score (nSPS) is 13.0. The Morgan fingerprint density at radius 1 is 0.548 bits per heavy atom. The molecule has 7 nitrogen and oxygen atoms in total. The average molecular weight is 589 g/mol. The first kappa shape index (κ1) is 29.7. The van der Waals surface area contributed by atoms with Crippen molar-refractivity contribution in [2.24, 2.45) is 0 Å². The molecule has 1 aliphatic rings. The van der Waals surface area contributed by atoms with Gasteiger partial charge in [0.05, 0.1) is 19.8 Å². The number of rotatable bonds is 8. The number of aromatic hydroxyl groups is 2. The third-order valence-electron chi connectivity index (χ3n) is 7.35. The molecular weight excluding hydrogens is 551 g/mol. The Labute approximate surface area is 247 Å². The summed E-state index contributed by atoms with van der Waals surface area (Å²) in [4.78, 5) is 0. The quantitative estimate of drug-likeness (QED) is 0.179. The molecule has 220 valence electrons. The van der Waals surface area contributed by atoms with Crippen LogP contribution in [0.4, 0.5) is 0 Å². The van der Waals surface area contributed by atoms with Gasteiger partial charge in [0.1, 0.15) is 23.0 Å². The first-order chi connectivity index (χ1) is 20.4. The fourth-order valence-corrected chi connectivity index (χ4v) is 6.75. The van der Waals surface area contributed by atoms with E-state index >= 15 is 0 Å². The summed E-state index contributed by atoms with van der Waals surface area (Å²) in [6.07, 6.45) is 1.54. The smallest absolute Gasteiger partial charge is 0.507 e. The van der Waals surface area contributed by atoms with E-state index in [9.17, 15) is 14.8 Å². The second-order valence-electron chi connectivity index (χ2n) is 10.2. The highest BCUT2D eigenvalue weighted by molar-refractivity contribution is 7.48. The van der Waals surface area contributed by atoms with Crippen LogP contribution in [0.5, 0.6) is 23.0 Å². The lowest BCUT2D eigenvalue weighted by Crippen LogP contribution is -2.07. The maximum absolute atomic E-state index is 13.6. The van der Waals surface area contributed by atoms with Crippen molar-refractivity contribution in [1.82, 2.24) is 0 Å². The molecule has 8 bridgehead atoms. The highest BCUT2D eigenvalue weighted by atomic mass is 31.2. The van der Waals surface area contributed by atoms with Gasteiger partial charge in [0, 0.05) is 25.7 Å². The van der Waals surface area contributed by atoms with Gasteiger partial charge in [-0.3, -0.25) is 9.05 Å². The molecule has 4 aromatic rings. The minimum absolute atomic E-state index is 0.143. The number of hydrogen-bond donors (Lipinski definition) is 2. The summed E-state index contributed by atoms with van der Waals surface area (Å²) in [7, 11) is -3.94. The number of ether oxygens (including phenoxy) is 1. The molecule has 0 unspecified atom stereocenters. The number of phenols is 2. The third-order valence-corrected chi connectivity index (χ3v) is 8.91. The first-order valence-electron chi connectivity index (χ1n) is 14.4. The van der Waals surface area contributed by atoms with Crippen molar-refractivity contribution in [1.29, 1.82) is 0 Å². The van der Waals surface area contributed by atoms with Crippen molar-refractivity contribution in [2.45, 2.75) is 46.5 Å². The van der Waals surface area contributed by atoms with E-state index < -0.39 is 7.82 Å². The Kier molecular flexibility index (Phi) is 9.22. The fraction of sp³-hybridized carbons (Fsp3) is 0.294. The van der Waals surface area contributed by atoms with E-state index in [1.165, 1.54) is 0 Å². The molecule has 2 N–H and O–H groups in total. The Bertz CT molecular complexity index is 1510. The molecule has 0 amide bonds. The van der Waals surface area contributed by atoms with Gasteiger partial charge in [-0.15, -0.1) is 0 Å². The molecule has 5 rings (SSSR count). The van der Waals surface area contributed by atoms with Crippen LogP contribution in [0.3, 0.4) is 0 Å². The Hall–Kier alpha value is -3.77. The van der Waals surface area contributed by atoms with Crippen molar-refractivity contribution in [3.05, 3.63) is 117 Å². The molecule has 1 aliphatic carbocycles. The lowest BCUT2D eigenvalue weighted by molar-refractivity contribution is 0.167. The van der Waals surface area contributed by atoms with Crippen LogP contribution in [0.1, 0.15) is 65.3 Å². The minimum atomic E-state index is -3.94. The monoisotopic (exact) mass is 588 g/mol. The predicted octanol–water partition coefficient (Wildman–Crippen LogP) is 7.73. The summed E-state index contributed by atoms with van der Waals surface area (Å²) in [5.41, 5.74) is 6.23. The fourth-order valence-electron chi connectivity index (χ4n) is 5.48. The molecule has 0 spiro atoms. The van der Waals surface area contributed by atoms with Gasteiger partial charge in [0.25, 0.3) is 0 Å². The van der Waals surface area contributed by atoms with Gasteiger partial charge in [0.15, 0.2) is 0 Å². The van der Waals surface area contributed by atoms with Crippen LogP contribution in [0.15, 0.2) is 72.8 Å². The Morgan fingerprint density at radius 3 is 1.21 bits per heavy atom. The second-order valence-corrected chi connectivity index (χ2v) is 11.8. The minimum Gasteiger partial charge on any atom is -0.507 e. The number of fused-ring (bicyclic) bond motifs is 8. The van der Waals surface area contributed by atoms with Crippen LogP contribution in [0.25, 0.3) is 0 Å². The number of benzene rings is 4. The van der Waals surface area contributed by atoms with E-state index in [2.05, 4.69) is 0 Å². The number of hydrogen-bond acceptors (Lipinski definition) is 7. The van der Waals surface area contributed by atoms with Crippen molar-refractivity contribution < 1.29 is 33.1 Å². The number of phosphoric acid groups is 1. The van der Waals surface area contributed by atoms with Gasteiger partial charge in [0.2, 0.25) is 0 Å². The molecule has 0 atom stereocenters. The Balaban J connectivity index is 1.71. The topological polar surface area (TPSA) is 94.5 Å². The molecule has 0 saturated carbocycles. The third kappa shape index (κ3) is 6.34. The molecule has 0 saturated heterocycles. The molecular formula is C34H37O7P. The summed E-state index contributed by atoms with van der Waals surface area (Å²) < 4.78 is 36.8. The second kappa shape index (κ2) is 13.0. The molecule has 8 heteroatoms. The van der Waals surface area contributed by atoms with Crippen LogP contribution >= 0.6 is 7.82 Å². The standard InChI is InChI=1S/C34H37O7P/c1-4-38-33-27-15-9-16-28(33)20-24-12-8-14-26(32(24)36)22-30-18-10-17-29(21-25-13-7-11-23(19-27)31(25)35)34(30)41-42(37,39-5-2)40-6-3/h7-18,35-36H,4-6,19-22H2,1-3H3. The number of phosphoric ester groups is 1. The lowest BCUT2D eigenvalue weighted by atomic mass is 9.91. The SMILES string of the molecule is CCOc1c2cccc1Cc1cccc(c1O)Cc1cccc(c1OP(=O)(OCC)OCC)Cc1cccc(c1O)C2. The zero-order chi connectivity index (χ0) is 29.7. The van der Waals surface area contributed by atoms with Crippen LogP contribution < -0.4 is 9.26 Å². The van der Waals surface area contributed by atoms with Gasteiger partial charge >= 0.3 is 7.82 Å². The van der Waals surface area contributed by atoms with Crippen LogP contribution in [0.2, 0.25) is 0 Å². The summed E-state index contributed by atoms with van der Waals surface area (Å²) >= 11 is 0. The van der Waals surface area contributed by atoms with Gasteiger partial charge in [-0.1, -0.05) is 72.8 Å². The van der Waals surface area contributed by atoms with Crippen LogP contribution in [-0.2, 0) is 39.3 Å². The highest BCUT2D eigenvalue weighted by Gasteiger charge is 2.30. The van der Waals surface area contributed by atoms with Crippen molar-refractivity contribution >= 4 is 7.82 Å². The zero-order valence-corrected chi connectivity index (χ0v) is 25.2. The molecule has 42 heavy (non-hydrogen) atoms. The average Bonchev–Trinajstić information content (AvgIpc) is 2.96. The summed E-state index contributed by atoms with van der Waals surface area (Å²) in [5, 5.41) is 22.9. The highest BCUT2D eigenvalue weighted by Crippen LogP contribution is 2.51. The summed E-state index contributed by atoms with van der Waals surface area (Å²) in [6, 6.07) is 23.1. The molecule has 0 aromatic heterocycles. The maximum Gasteiger partial charge on any atom is 0.530 e. The van der Waals surface area contributed by atoms with Crippen LogP contribution in [0, 0.1) is 0 Å². The summed E-state index contributed by atoms with van der Waals surface area (Å²) in [5.74, 6) is 1.50. The number of phenolic OH excluding ortho intramolecular Hbond substituents is 2. The van der Waals surface area contributed by atoms with Gasteiger partial charge in [-0.2, -0.15) is 0 Å². The van der Waals surface area contributed by atoms with Crippen molar-refractivity contribution in [3.8, 4) is 23.0 Å². The van der Waals surface area contributed by atoms with Gasteiger partial charge in [-0.25, -0.2) is 4.57 Å². The zero-order valence-electron chi connectivity index (χ0n) is 24.3. The summed E-state index contributed by atoms with van der Waals surface area (Å²) in [6.45, 7) is 6.18. The molecule has 0 radical (unpaired) electrons. The van der Waals surface area contributed by atoms with E-state index in [1.807, 2.05) is 79.7 Å². The number of para-hydroxylation sites is 4. The lowest BCUT2D eigenvalue weighted by Gasteiger charge is -2.22. The maximum atomic E-state index is 13.6. The van der Waals surface area contributed by atoms with Gasteiger partial charge in [-0.05, 0) is 65.3 Å². The van der Waals surface area contributed by atoms with Crippen LogP contribution in [-0.4, -0.2) is 30.0 Å². The van der Waals surface area contributed by atoms with Crippen molar-refractivity contribution in [2.75, 3.05) is 19.8 Å².